The third-order valence-electron chi connectivity index (χ3n) is 2.50. The first kappa shape index (κ1) is 8.90. The Hall–Kier alpha value is -2.37. The van der Waals surface area contributed by atoms with Crippen LogP contribution in [0, 0.1) is 17.3 Å². The van der Waals surface area contributed by atoms with Crippen molar-refractivity contribution in [2.45, 2.75) is 6.92 Å². The Labute approximate surface area is 89.9 Å². The highest BCUT2D eigenvalue weighted by molar-refractivity contribution is 5.72. The Morgan fingerprint density at radius 2 is 1.75 bits per heavy atom. The highest BCUT2D eigenvalue weighted by atomic mass is 16.5. The molecule has 1 aromatic carbocycles. The monoisotopic (exact) mass is 216 g/mol. The molecule has 6 heteroatoms. The topological polar surface area (TPSA) is 82.6 Å². The molecule has 3 rings (SSSR count). The van der Waals surface area contributed by atoms with Crippen LogP contribution in [-0.2, 0) is 0 Å². The maximum atomic E-state index is 11.9. The number of fused-ring (bicyclic) bond motifs is 2. The minimum absolute atomic E-state index is 0.117. The molecule has 16 heavy (non-hydrogen) atoms. The van der Waals surface area contributed by atoms with Crippen molar-refractivity contribution in [1.29, 1.82) is 0 Å². The Kier molecular flexibility index (Phi) is 1.57. The number of nitrogens with zero attached hydrogens (tertiary/aromatic N) is 3. The second-order valence-corrected chi connectivity index (χ2v) is 3.57. The molecule has 0 fully saturated rings. The number of hydrogen-bond donors (Lipinski definition) is 1. The molecule has 0 saturated heterocycles. The molecule has 0 unspecified atom stereocenters. The largest absolute Gasteiger partial charge is 0.710 e. The molecular weight excluding hydrogens is 208 g/mol. The average molecular weight is 216 g/mol. The van der Waals surface area contributed by atoms with Gasteiger partial charge >= 0.3 is 17.1 Å². The first-order valence-electron chi connectivity index (χ1n) is 4.78. The molecule has 2 aromatic heterocycles. The van der Waals surface area contributed by atoms with E-state index in [0.717, 1.165) is 0 Å². The first-order chi connectivity index (χ1) is 7.68. The van der Waals surface area contributed by atoms with Crippen LogP contribution in [0.5, 0.6) is 0 Å². The van der Waals surface area contributed by atoms with Gasteiger partial charge in [-0.3, -0.25) is 0 Å². The zero-order valence-corrected chi connectivity index (χ0v) is 8.47. The second-order valence-electron chi connectivity index (χ2n) is 3.57. The van der Waals surface area contributed by atoms with Gasteiger partial charge in [0.25, 0.3) is 0 Å². The normalized spacial score (nSPS) is 11.3. The molecule has 0 aliphatic rings. The predicted octanol–water partition coefficient (Wildman–Crippen LogP) is 0.291. The lowest BCUT2D eigenvalue weighted by atomic mass is 10.3. The van der Waals surface area contributed by atoms with Crippen molar-refractivity contribution in [1.82, 2.24) is 9.97 Å². The van der Waals surface area contributed by atoms with E-state index in [-0.39, 0.29) is 11.3 Å². The maximum Gasteiger partial charge on any atom is 0.422 e. The van der Waals surface area contributed by atoms with Gasteiger partial charge in [0.2, 0.25) is 0 Å². The number of aromatic amines is 1. The van der Waals surface area contributed by atoms with Gasteiger partial charge in [-0.15, -0.1) is 0 Å². The molecule has 0 aliphatic heterocycles. The highest BCUT2D eigenvalue weighted by Gasteiger charge is 2.22. The summed E-state index contributed by atoms with van der Waals surface area (Å²) in [6, 6.07) is 6.63. The van der Waals surface area contributed by atoms with Crippen LogP contribution in [-0.4, -0.2) is 9.97 Å². The summed E-state index contributed by atoms with van der Waals surface area (Å²) in [5, 5.41) is 23.9. The molecule has 2 heterocycles. The minimum atomic E-state index is 0.117. The molecule has 3 aromatic rings. The lowest BCUT2D eigenvalue weighted by molar-refractivity contribution is -0.593. The summed E-state index contributed by atoms with van der Waals surface area (Å²) in [5.74, 6) is 0.541. The van der Waals surface area contributed by atoms with Gasteiger partial charge < -0.3 is 10.4 Å². The van der Waals surface area contributed by atoms with Gasteiger partial charge in [-0.2, -0.15) is 4.98 Å². The fourth-order valence-corrected chi connectivity index (χ4v) is 1.79. The van der Waals surface area contributed by atoms with E-state index in [4.69, 9.17) is 0 Å². The van der Waals surface area contributed by atoms with Crippen molar-refractivity contribution < 1.29 is 9.46 Å². The van der Waals surface area contributed by atoms with Crippen LogP contribution in [0.25, 0.3) is 22.3 Å². The SMILES string of the molecule is Cc1nc2c([nH]1)[n+]([O-])c1ccccc1[n+]2[O-]. The van der Waals surface area contributed by atoms with Crippen molar-refractivity contribution in [3.63, 3.8) is 0 Å². The number of imidazole rings is 1. The fourth-order valence-electron chi connectivity index (χ4n) is 1.79. The van der Waals surface area contributed by atoms with Crippen molar-refractivity contribution in [2.75, 3.05) is 0 Å². The molecule has 1 N–H and O–H groups in total. The molecule has 0 bridgehead atoms. The Bertz CT molecular complexity index is 646. The summed E-state index contributed by atoms with van der Waals surface area (Å²) >= 11 is 0. The summed E-state index contributed by atoms with van der Waals surface area (Å²) in [6.45, 7) is 1.70. The highest BCUT2D eigenvalue weighted by Crippen LogP contribution is 2.09. The number of hydrogen-bond acceptors (Lipinski definition) is 3. The van der Waals surface area contributed by atoms with E-state index >= 15 is 0 Å². The maximum absolute atomic E-state index is 11.9. The molecule has 80 valence electrons. The van der Waals surface area contributed by atoms with Crippen molar-refractivity contribution in [2.24, 2.45) is 0 Å². The summed E-state index contributed by atoms with van der Waals surface area (Å²) in [7, 11) is 0. The van der Waals surface area contributed by atoms with E-state index in [1.165, 1.54) is 0 Å². The Morgan fingerprint density at radius 3 is 2.44 bits per heavy atom. The zero-order chi connectivity index (χ0) is 11.3. The first-order valence-corrected chi connectivity index (χ1v) is 4.78. The number of aryl methyl sites for hydroxylation is 1. The second kappa shape index (κ2) is 2.82. The van der Waals surface area contributed by atoms with Gasteiger partial charge in [0.15, 0.2) is 11.0 Å². The summed E-state index contributed by atoms with van der Waals surface area (Å²) < 4.78 is 1.36. The van der Waals surface area contributed by atoms with Gasteiger partial charge in [-0.25, -0.2) is 9.46 Å². The lowest BCUT2D eigenvalue weighted by Crippen LogP contribution is -2.39. The van der Waals surface area contributed by atoms with Gasteiger partial charge in [0.1, 0.15) is 0 Å². The van der Waals surface area contributed by atoms with E-state index < -0.39 is 0 Å². The molecule has 0 aliphatic carbocycles. The van der Waals surface area contributed by atoms with Crippen LogP contribution >= 0.6 is 0 Å². The Morgan fingerprint density at radius 1 is 1.12 bits per heavy atom. The van der Waals surface area contributed by atoms with E-state index in [9.17, 15) is 10.4 Å². The standard InChI is InChI=1S/C10H8N4O2/c1-6-11-9-10(12-6)14(16)8-5-3-2-4-7(8)13(9)15/h2-5H,1H3,(H,11,12). The molecule has 0 atom stereocenters. The van der Waals surface area contributed by atoms with Gasteiger partial charge in [0.05, 0.1) is 0 Å². The van der Waals surface area contributed by atoms with Gasteiger partial charge in [-0.05, 0) is 12.1 Å². The van der Waals surface area contributed by atoms with Crippen LogP contribution in [0.2, 0.25) is 0 Å². The van der Waals surface area contributed by atoms with Crippen LogP contribution < -0.4 is 9.46 Å². The fraction of sp³-hybridized carbons (Fsp3) is 0.100. The molecule has 6 nitrogen and oxygen atoms in total. The van der Waals surface area contributed by atoms with Crippen LogP contribution in [0.3, 0.4) is 0 Å². The van der Waals surface area contributed by atoms with Gasteiger partial charge in [-0.1, -0.05) is 12.1 Å². The Balaban J connectivity index is 2.65. The van der Waals surface area contributed by atoms with E-state index in [1.54, 1.807) is 31.2 Å². The molecule has 0 radical (unpaired) electrons. The van der Waals surface area contributed by atoms with E-state index in [2.05, 4.69) is 9.97 Å². The van der Waals surface area contributed by atoms with Crippen molar-refractivity contribution >= 4 is 22.3 Å². The molecule has 0 saturated carbocycles. The quantitative estimate of drug-likeness (QED) is 0.433. The summed E-state index contributed by atoms with van der Waals surface area (Å²) in [4.78, 5) is 6.78. The van der Waals surface area contributed by atoms with Crippen LogP contribution in [0.1, 0.15) is 5.82 Å². The average Bonchev–Trinajstić information content (AvgIpc) is 2.68. The van der Waals surface area contributed by atoms with E-state index in [1.807, 2.05) is 0 Å². The number of H-pyrrole nitrogens is 1. The number of nitrogens with one attached hydrogen (secondary N) is 1. The molecule has 0 amide bonds. The molecular formula is C10H8N4O2. The lowest BCUT2D eigenvalue weighted by Gasteiger charge is -2.09. The van der Waals surface area contributed by atoms with Crippen molar-refractivity contribution in [3.05, 3.63) is 40.5 Å². The van der Waals surface area contributed by atoms with Gasteiger partial charge in [0, 0.05) is 11.9 Å². The minimum Gasteiger partial charge on any atom is -0.710 e. The third kappa shape index (κ3) is 0.979. The number of aromatic nitrogens is 4. The van der Waals surface area contributed by atoms with Crippen LogP contribution in [0.4, 0.5) is 0 Å². The number of benzene rings is 1. The smallest absolute Gasteiger partial charge is 0.422 e. The summed E-state index contributed by atoms with van der Waals surface area (Å²) in [6.07, 6.45) is 0. The summed E-state index contributed by atoms with van der Waals surface area (Å²) in [5.41, 5.74) is 0.947. The molecule has 0 spiro atoms. The number of para-hydroxylation sites is 2. The zero-order valence-electron chi connectivity index (χ0n) is 8.47. The third-order valence-corrected chi connectivity index (χ3v) is 2.50. The van der Waals surface area contributed by atoms with E-state index in [0.29, 0.717) is 26.3 Å². The predicted molar refractivity (Wildman–Crippen MR) is 56.3 cm³/mol. The van der Waals surface area contributed by atoms with Crippen molar-refractivity contribution in [3.8, 4) is 0 Å². The van der Waals surface area contributed by atoms with Crippen LogP contribution in [0.15, 0.2) is 24.3 Å². The number of rotatable bonds is 0.